The minimum Gasteiger partial charge on any atom is -0.465 e. The molecule has 0 saturated carbocycles. The molecule has 142 valence electrons. The fraction of sp³-hybridized carbons (Fsp3) is 0.136. The van der Waals surface area contributed by atoms with Crippen molar-refractivity contribution in [2.24, 2.45) is 0 Å². The van der Waals surface area contributed by atoms with E-state index in [9.17, 15) is 9.59 Å². The molecule has 0 aliphatic heterocycles. The van der Waals surface area contributed by atoms with Crippen LogP contribution >= 0.6 is 0 Å². The zero-order valence-electron chi connectivity index (χ0n) is 15.8. The zero-order valence-corrected chi connectivity index (χ0v) is 15.8. The van der Waals surface area contributed by atoms with E-state index in [2.05, 4.69) is 10.3 Å². The summed E-state index contributed by atoms with van der Waals surface area (Å²) in [6.07, 6.45) is 1.56. The molecule has 1 amide bonds. The Bertz CT molecular complexity index is 974. The molecular formula is C22H21N3O3. The number of rotatable bonds is 6. The summed E-state index contributed by atoms with van der Waals surface area (Å²) in [5, 5.41) is 3.16. The number of benzene rings is 2. The van der Waals surface area contributed by atoms with E-state index in [1.54, 1.807) is 48.5 Å². The lowest BCUT2D eigenvalue weighted by Gasteiger charge is -2.17. The molecule has 6 heteroatoms. The molecule has 3 aromatic rings. The number of aromatic nitrogens is 1. The number of amides is 1. The number of hydrogen-bond acceptors (Lipinski definition) is 5. The van der Waals surface area contributed by atoms with Crippen molar-refractivity contribution in [3.8, 4) is 0 Å². The molecule has 6 nitrogen and oxygen atoms in total. The summed E-state index contributed by atoms with van der Waals surface area (Å²) in [6.45, 7) is 0.490. The minimum atomic E-state index is -0.434. The number of nitrogens with one attached hydrogen (secondary N) is 1. The molecule has 3 rings (SSSR count). The molecule has 0 spiro atoms. The van der Waals surface area contributed by atoms with Crippen LogP contribution in [0.1, 0.15) is 26.4 Å². The summed E-state index contributed by atoms with van der Waals surface area (Å²) in [7, 11) is 3.08. The normalized spacial score (nSPS) is 10.2. The van der Waals surface area contributed by atoms with Crippen LogP contribution in [0, 0.1) is 0 Å². The van der Waals surface area contributed by atoms with E-state index >= 15 is 0 Å². The summed E-state index contributed by atoms with van der Waals surface area (Å²) in [5.74, 6) is -0.621. The van der Waals surface area contributed by atoms with Gasteiger partial charge >= 0.3 is 5.97 Å². The van der Waals surface area contributed by atoms with Crippen LogP contribution in [0.25, 0.3) is 0 Å². The lowest BCUT2D eigenvalue weighted by molar-refractivity contribution is 0.0601. The standard InChI is InChI=1S/C22H21N3O3/c1-25(15-16-8-4-3-5-9-16)21(26)20-14-17(12-13-23-20)24-19-11-7-6-10-18(19)22(27)28-2/h3-14H,15H2,1-2H3,(H,23,24). The van der Waals surface area contributed by atoms with E-state index in [-0.39, 0.29) is 5.91 Å². The first kappa shape index (κ1) is 19.1. The minimum absolute atomic E-state index is 0.186. The van der Waals surface area contributed by atoms with Crippen LogP contribution in [-0.2, 0) is 11.3 Å². The van der Waals surface area contributed by atoms with Gasteiger partial charge in [0, 0.05) is 25.5 Å². The summed E-state index contributed by atoms with van der Waals surface area (Å²) in [5.41, 5.74) is 3.02. The predicted octanol–water partition coefficient (Wildman–Crippen LogP) is 3.88. The smallest absolute Gasteiger partial charge is 0.339 e. The highest BCUT2D eigenvalue weighted by molar-refractivity contribution is 5.97. The predicted molar refractivity (Wildman–Crippen MR) is 108 cm³/mol. The van der Waals surface area contributed by atoms with E-state index < -0.39 is 5.97 Å². The van der Waals surface area contributed by atoms with Crippen LogP contribution in [0.4, 0.5) is 11.4 Å². The van der Waals surface area contributed by atoms with Gasteiger partial charge in [0.15, 0.2) is 0 Å². The largest absolute Gasteiger partial charge is 0.465 e. The maximum atomic E-state index is 12.7. The van der Waals surface area contributed by atoms with Crippen LogP contribution in [-0.4, -0.2) is 35.9 Å². The third kappa shape index (κ3) is 4.54. The third-order valence-corrected chi connectivity index (χ3v) is 4.20. The van der Waals surface area contributed by atoms with Gasteiger partial charge in [-0.15, -0.1) is 0 Å². The average Bonchev–Trinajstić information content (AvgIpc) is 2.74. The molecule has 2 aromatic carbocycles. The second-order valence-corrected chi connectivity index (χ2v) is 6.24. The number of nitrogens with zero attached hydrogens (tertiary/aromatic N) is 2. The number of carbonyl (C=O) groups is 2. The van der Waals surface area contributed by atoms with Crippen molar-refractivity contribution in [3.63, 3.8) is 0 Å². The molecule has 0 radical (unpaired) electrons. The number of esters is 1. The summed E-state index contributed by atoms with van der Waals surface area (Å²) in [6, 6.07) is 20.2. The van der Waals surface area contributed by atoms with E-state index in [0.717, 1.165) is 5.56 Å². The highest BCUT2D eigenvalue weighted by atomic mass is 16.5. The van der Waals surface area contributed by atoms with Crippen molar-refractivity contribution in [2.75, 3.05) is 19.5 Å². The molecule has 0 atom stereocenters. The molecule has 0 aliphatic rings. The fourth-order valence-electron chi connectivity index (χ4n) is 2.79. The van der Waals surface area contributed by atoms with Gasteiger partial charge in [0.05, 0.1) is 18.4 Å². The van der Waals surface area contributed by atoms with Crippen molar-refractivity contribution in [3.05, 3.63) is 89.7 Å². The van der Waals surface area contributed by atoms with Crippen molar-refractivity contribution >= 4 is 23.3 Å². The first-order valence-corrected chi connectivity index (χ1v) is 8.78. The van der Waals surface area contributed by atoms with Gasteiger partial charge in [-0.25, -0.2) is 4.79 Å². The number of pyridine rings is 1. The van der Waals surface area contributed by atoms with Crippen LogP contribution in [0.15, 0.2) is 72.9 Å². The van der Waals surface area contributed by atoms with Gasteiger partial charge in [-0.1, -0.05) is 42.5 Å². The van der Waals surface area contributed by atoms with Crippen molar-refractivity contribution in [1.82, 2.24) is 9.88 Å². The zero-order chi connectivity index (χ0) is 19.9. The SMILES string of the molecule is COC(=O)c1ccccc1Nc1ccnc(C(=O)N(C)Cc2ccccc2)c1. The van der Waals surface area contributed by atoms with Crippen LogP contribution < -0.4 is 5.32 Å². The Morgan fingerprint density at radius 1 is 1.04 bits per heavy atom. The summed E-state index contributed by atoms with van der Waals surface area (Å²) in [4.78, 5) is 30.5. The van der Waals surface area contributed by atoms with Crippen molar-refractivity contribution in [1.29, 1.82) is 0 Å². The Morgan fingerprint density at radius 2 is 1.75 bits per heavy atom. The Balaban J connectivity index is 1.77. The lowest BCUT2D eigenvalue weighted by Crippen LogP contribution is -2.27. The number of hydrogen-bond donors (Lipinski definition) is 1. The second-order valence-electron chi connectivity index (χ2n) is 6.24. The van der Waals surface area contributed by atoms with Gasteiger partial charge in [-0.3, -0.25) is 9.78 Å². The topological polar surface area (TPSA) is 71.5 Å². The Morgan fingerprint density at radius 3 is 2.50 bits per heavy atom. The third-order valence-electron chi connectivity index (χ3n) is 4.20. The number of ether oxygens (including phenoxy) is 1. The van der Waals surface area contributed by atoms with E-state index in [1.807, 2.05) is 36.4 Å². The summed E-state index contributed by atoms with van der Waals surface area (Å²) < 4.78 is 4.81. The maximum Gasteiger partial charge on any atom is 0.339 e. The molecule has 0 fully saturated rings. The molecule has 0 bridgehead atoms. The maximum absolute atomic E-state index is 12.7. The Kier molecular flexibility index (Phi) is 6.01. The molecule has 1 aromatic heterocycles. The molecule has 1 N–H and O–H groups in total. The van der Waals surface area contributed by atoms with E-state index in [1.165, 1.54) is 7.11 Å². The van der Waals surface area contributed by atoms with E-state index in [0.29, 0.717) is 29.2 Å². The average molecular weight is 375 g/mol. The van der Waals surface area contributed by atoms with Crippen LogP contribution in [0.2, 0.25) is 0 Å². The monoisotopic (exact) mass is 375 g/mol. The highest BCUT2D eigenvalue weighted by Crippen LogP contribution is 2.22. The summed E-state index contributed by atoms with van der Waals surface area (Å²) >= 11 is 0. The van der Waals surface area contributed by atoms with E-state index in [4.69, 9.17) is 4.74 Å². The van der Waals surface area contributed by atoms with Gasteiger partial charge in [0.25, 0.3) is 5.91 Å². The second kappa shape index (κ2) is 8.81. The van der Waals surface area contributed by atoms with Crippen LogP contribution in [0.3, 0.4) is 0 Å². The molecule has 28 heavy (non-hydrogen) atoms. The van der Waals surface area contributed by atoms with Crippen molar-refractivity contribution in [2.45, 2.75) is 6.54 Å². The van der Waals surface area contributed by atoms with Gasteiger partial charge in [-0.05, 0) is 29.8 Å². The molecule has 0 saturated heterocycles. The van der Waals surface area contributed by atoms with Crippen LogP contribution in [0.5, 0.6) is 0 Å². The van der Waals surface area contributed by atoms with Crippen molar-refractivity contribution < 1.29 is 14.3 Å². The highest BCUT2D eigenvalue weighted by Gasteiger charge is 2.15. The first-order chi connectivity index (χ1) is 13.6. The fourth-order valence-corrected chi connectivity index (χ4v) is 2.79. The Labute approximate surface area is 163 Å². The lowest BCUT2D eigenvalue weighted by atomic mass is 10.1. The first-order valence-electron chi connectivity index (χ1n) is 8.78. The van der Waals surface area contributed by atoms with Gasteiger partial charge in [-0.2, -0.15) is 0 Å². The number of carbonyl (C=O) groups excluding carboxylic acids is 2. The number of para-hydroxylation sites is 1. The van der Waals surface area contributed by atoms with Gasteiger partial charge in [0.1, 0.15) is 5.69 Å². The number of methoxy groups -OCH3 is 1. The van der Waals surface area contributed by atoms with Gasteiger partial charge in [0.2, 0.25) is 0 Å². The molecule has 0 aliphatic carbocycles. The molecule has 0 unspecified atom stereocenters. The quantitative estimate of drug-likeness (QED) is 0.662. The number of anilines is 2. The van der Waals surface area contributed by atoms with Gasteiger partial charge < -0.3 is 15.0 Å². The molecule has 1 heterocycles. The Hall–Kier alpha value is -3.67. The molecular weight excluding hydrogens is 354 g/mol.